The third-order valence-electron chi connectivity index (χ3n) is 3.18. The van der Waals surface area contributed by atoms with Crippen molar-refractivity contribution < 1.29 is 4.79 Å². The lowest BCUT2D eigenvalue weighted by Crippen LogP contribution is -2.30. The quantitative estimate of drug-likeness (QED) is 0.623. The Bertz CT molecular complexity index is 334. The minimum absolute atomic E-state index is 0.250. The van der Waals surface area contributed by atoms with Crippen molar-refractivity contribution in [3.8, 4) is 0 Å². The van der Waals surface area contributed by atoms with Crippen molar-refractivity contribution in [2.45, 2.75) is 52.4 Å². The average Bonchev–Trinajstić information content (AvgIpc) is 2.40. The molecule has 1 aromatic carbocycles. The molecule has 0 aliphatic carbocycles. The van der Waals surface area contributed by atoms with Crippen LogP contribution in [0.5, 0.6) is 0 Å². The Morgan fingerprint density at radius 2 is 1.67 bits per heavy atom. The van der Waals surface area contributed by atoms with E-state index in [1.54, 1.807) is 0 Å². The number of hydrogen-bond donors (Lipinski definition) is 0. The number of nitrogens with zero attached hydrogens (tertiary/aromatic N) is 1. The Morgan fingerprint density at radius 1 is 1.00 bits per heavy atom. The second-order valence-electron chi connectivity index (χ2n) is 4.64. The van der Waals surface area contributed by atoms with E-state index in [-0.39, 0.29) is 5.91 Å². The van der Waals surface area contributed by atoms with Gasteiger partial charge in [-0.2, -0.15) is 0 Å². The number of unbranched alkanes of at least 4 members (excludes halogenated alkanes) is 4. The van der Waals surface area contributed by atoms with E-state index in [2.05, 4.69) is 6.92 Å². The smallest absolute Gasteiger partial charge is 0.226 e. The van der Waals surface area contributed by atoms with Gasteiger partial charge in [0.1, 0.15) is 0 Å². The zero-order valence-corrected chi connectivity index (χ0v) is 11.7. The van der Waals surface area contributed by atoms with Gasteiger partial charge in [0, 0.05) is 18.7 Å². The molecule has 0 bridgehead atoms. The maximum absolute atomic E-state index is 12.1. The van der Waals surface area contributed by atoms with E-state index in [1.165, 1.54) is 25.7 Å². The molecule has 0 aliphatic heterocycles. The predicted octanol–water partition coefficient (Wildman–Crippen LogP) is 4.40. The monoisotopic (exact) mass is 247 g/mol. The molecule has 0 aromatic heterocycles. The summed E-state index contributed by atoms with van der Waals surface area (Å²) in [5.74, 6) is 0.250. The first-order chi connectivity index (χ1) is 8.79. The number of hydrogen-bond acceptors (Lipinski definition) is 1. The van der Waals surface area contributed by atoms with E-state index >= 15 is 0 Å². The Labute approximate surface area is 111 Å². The van der Waals surface area contributed by atoms with Crippen molar-refractivity contribution in [3.63, 3.8) is 0 Å². The van der Waals surface area contributed by atoms with Gasteiger partial charge in [-0.05, 0) is 25.5 Å². The van der Waals surface area contributed by atoms with Crippen LogP contribution in [0.15, 0.2) is 30.3 Å². The highest BCUT2D eigenvalue weighted by atomic mass is 16.2. The summed E-state index contributed by atoms with van der Waals surface area (Å²) in [5, 5.41) is 0. The summed E-state index contributed by atoms with van der Waals surface area (Å²) >= 11 is 0. The van der Waals surface area contributed by atoms with Crippen molar-refractivity contribution >= 4 is 11.6 Å². The summed E-state index contributed by atoms with van der Waals surface area (Å²) < 4.78 is 0. The molecule has 1 amide bonds. The van der Waals surface area contributed by atoms with Crippen LogP contribution in [-0.2, 0) is 4.79 Å². The second-order valence-corrected chi connectivity index (χ2v) is 4.64. The Kier molecular flexibility index (Phi) is 7.16. The van der Waals surface area contributed by atoms with Gasteiger partial charge in [0.05, 0.1) is 0 Å². The molecule has 0 aliphatic rings. The minimum atomic E-state index is 0.250. The molecule has 1 rings (SSSR count). The molecule has 2 nitrogen and oxygen atoms in total. The highest BCUT2D eigenvalue weighted by molar-refractivity contribution is 5.93. The lowest BCUT2D eigenvalue weighted by molar-refractivity contribution is -0.118. The van der Waals surface area contributed by atoms with E-state index in [1.807, 2.05) is 42.2 Å². The van der Waals surface area contributed by atoms with Crippen LogP contribution in [0.25, 0.3) is 0 Å². The summed E-state index contributed by atoms with van der Waals surface area (Å²) in [7, 11) is 0. The van der Waals surface area contributed by atoms with Crippen molar-refractivity contribution in [1.29, 1.82) is 0 Å². The summed E-state index contributed by atoms with van der Waals surface area (Å²) in [4.78, 5) is 14.0. The lowest BCUT2D eigenvalue weighted by Gasteiger charge is -2.21. The standard InChI is InChI=1S/C16H25NO/c1-3-5-6-7-11-14-16(18)17(4-2)15-12-9-8-10-13-15/h8-10,12-13H,3-7,11,14H2,1-2H3. The number of carbonyl (C=O) groups is 1. The number of amides is 1. The van der Waals surface area contributed by atoms with E-state index in [4.69, 9.17) is 0 Å². The molecule has 2 heteroatoms. The van der Waals surface area contributed by atoms with Gasteiger partial charge < -0.3 is 4.90 Å². The largest absolute Gasteiger partial charge is 0.313 e. The average molecular weight is 247 g/mol. The zero-order chi connectivity index (χ0) is 13.2. The summed E-state index contributed by atoms with van der Waals surface area (Å²) in [6, 6.07) is 9.93. The topological polar surface area (TPSA) is 20.3 Å². The van der Waals surface area contributed by atoms with Crippen LogP contribution < -0.4 is 4.90 Å². The molecule has 1 aromatic rings. The highest BCUT2D eigenvalue weighted by Gasteiger charge is 2.12. The molecule has 0 saturated heterocycles. The van der Waals surface area contributed by atoms with E-state index < -0.39 is 0 Å². The predicted molar refractivity (Wildman–Crippen MR) is 77.8 cm³/mol. The van der Waals surface area contributed by atoms with Crippen molar-refractivity contribution in [1.82, 2.24) is 0 Å². The van der Waals surface area contributed by atoms with Crippen LogP contribution in [0.2, 0.25) is 0 Å². The zero-order valence-electron chi connectivity index (χ0n) is 11.7. The van der Waals surface area contributed by atoms with Crippen LogP contribution in [-0.4, -0.2) is 12.5 Å². The number of rotatable bonds is 8. The molecule has 0 N–H and O–H groups in total. The number of anilines is 1. The van der Waals surface area contributed by atoms with Crippen molar-refractivity contribution in [3.05, 3.63) is 30.3 Å². The van der Waals surface area contributed by atoms with Gasteiger partial charge in [-0.3, -0.25) is 4.79 Å². The molecule has 0 saturated carbocycles. The molecule has 18 heavy (non-hydrogen) atoms. The van der Waals surface area contributed by atoms with Crippen molar-refractivity contribution in [2.24, 2.45) is 0 Å². The Balaban J connectivity index is 2.39. The third-order valence-corrected chi connectivity index (χ3v) is 3.18. The van der Waals surface area contributed by atoms with Gasteiger partial charge in [0.2, 0.25) is 5.91 Å². The molecule has 100 valence electrons. The van der Waals surface area contributed by atoms with Crippen LogP contribution in [0.4, 0.5) is 5.69 Å². The van der Waals surface area contributed by atoms with E-state index in [0.29, 0.717) is 6.42 Å². The maximum atomic E-state index is 12.1. The molecule has 0 heterocycles. The Hall–Kier alpha value is -1.31. The lowest BCUT2D eigenvalue weighted by atomic mass is 10.1. The molecule has 0 atom stereocenters. The third kappa shape index (κ3) is 4.91. The first-order valence-electron chi connectivity index (χ1n) is 7.15. The minimum Gasteiger partial charge on any atom is -0.313 e. The number of benzene rings is 1. The second kappa shape index (κ2) is 8.73. The van der Waals surface area contributed by atoms with Crippen LogP contribution in [0.1, 0.15) is 52.4 Å². The molecule has 0 unspecified atom stereocenters. The number of para-hydroxylation sites is 1. The van der Waals surface area contributed by atoms with Gasteiger partial charge in [0.15, 0.2) is 0 Å². The van der Waals surface area contributed by atoms with Gasteiger partial charge in [-0.1, -0.05) is 50.8 Å². The van der Waals surface area contributed by atoms with Crippen LogP contribution in [0, 0.1) is 0 Å². The van der Waals surface area contributed by atoms with Gasteiger partial charge >= 0.3 is 0 Å². The molecule has 0 radical (unpaired) electrons. The normalized spacial score (nSPS) is 10.3. The fourth-order valence-electron chi connectivity index (χ4n) is 2.13. The molecular formula is C16H25NO. The van der Waals surface area contributed by atoms with Gasteiger partial charge in [0.25, 0.3) is 0 Å². The molecule has 0 spiro atoms. The highest BCUT2D eigenvalue weighted by Crippen LogP contribution is 2.15. The summed E-state index contributed by atoms with van der Waals surface area (Å²) in [6.45, 7) is 4.99. The first-order valence-corrected chi connectivity index (χ1v) is 7.15. The summed E-state index contributed by atoms with van der Waals surface area (Å²) in [6.07, 6.45) is 6.64. The van der Waals surface area contributed by atoms with Crippen LogP contribution in [0.3, 0.4) is 0 Å². The van der Waals surface area contributed by atoms with E-state index in [9.17, 15) is 4.79 Å². The fraction of sp³-hybridized carbons (Fsp3) is 0.562. The SMILES string of the molecule is CCCCCCCC(=O)N(CC)c1ccccc1. The van der Waals surface area contributed by atoms with Gasteiger partial charge in [-0.25, -0.2) is 0 Å². The first kappa shape index (κ1) is 14.7. The fourth-order valence-corrected chi connectivity index (χ4v) is 2.13. The van der Waals surface area contributed by atoms with Crippen molar-refractivity contribution in [2.75, 3.05) is 11.4 Å². The van der Waals surface area contributed by atoms with E-state index in [0.717, 1.165) is 18.7 Å². The number of carbonyl (C=O) groups excluding carboxylic acids is 1. The van der Waals surface area contributed by atoms with Gasteiger partial charge in [-0.15, -0.1) is 0 Å². The molecular weight excluding hydrogens is 222 g/mol. The molecule has 0 fully saturated rings. The Morgan fingerprint density at radius 3 is 2.28 bits per heavy atom. The van der Waals surface area contributed by atoms with Crippen LogP contribution >= 0.6 is 0 Å². The summed E-state index contributed by atoms with van der Waals surface area (Å²) in [5.41, 5.74) is 1.01. The maximum Gasteiger partial charge on any atom is 0.226 e.